The van der Waals surface area contributed by atoms with Gasteiger partial charge in [0.15, 0.2) is 12.1 Å². The van der Waals surface area contributed by atoms with Crippen molar-refractivity contribution in [1.29, 1.82) is 0 Å². The molecule has 0 saturated heterocycles. The number of halogens is 1. The highest BCUT2D eigenvalue weighted by Crippen LogP contribution is 2.20. The number of hydrogen-bond acceptors (Lipinski definition) is 3. The summed E-state index contributed by atoms with van der Waals surface area (Å²) in [5.41, 5.74) is 2.15. The molecular weight excluding hydrogens is 268 g/mol. The van der Waals surface area contributed by atoms with E-state index in [-0.39, 0.29) is 0 Å². The highest BCUT2D eigenvalue weighted by Gasteiger charge is 2.04. The van der Waals surface area contributed by atoms with Crippen LogP contribution in [0.4, 0.5) is 0 Å². The molecule has 1 aromatic carbocycles. The lowest BCUT2D eigenvalue weighted by molar-refractivity contribution is 0.112. The van der Waals surface area contributed by atoms with Gasteiger partial charge in [0.1, 0.15) is 0 Å². The smallest absolute Gasteiger partial charge is 0.159 e. The number of nitrogens with zero attached hydrogens (tertiary/aromatic N) is 2. The van der Waals surface area contributed by atoms with Gasteiger partial charge in [0.25, 0.3) is 0 Å². The van der Waals surface area contributed by atoms with Crippen LogP contribution in [0.15, 0.2) is 34.9 Å². The van der Waals surface area contributed by atoms with Crippen molar-refractivity contribution in [3.63, 3.8) is 0 Å². The second-order valence-corrected chi connectivity index (χ2v) is 4.28. The zero-order valence-corrected chi connectivity index (χ0v) is 10.2. The molecule has 1 heterocycles. The van der Waals surface area contributed by atoms with Gasteiger partial charge in [-0.1, -0.05) is 28.1 Å². The average Bonchev–Trinajstić information content (AvgIpc) is 2.29. The Hall–Kier alpha value is -1.55. The monoisotopic (exact) mass is 276 g/mol. The second kappa shape index (κ2) is 4.53. The lowest BCUT2D eigenvalue weighted by atomic mass is 10.2. The third-order valence-electron chi connectivity index (χ3n) is 2.23. The van der Waals surface area contributed by atoms with Gasteiger partial charge in [-0.3, -0.25) is 4.79 Å². The van der Waals surface area contributed by atoms with E-state index in [1.165, 1.54) is 0 Å². The largest absolute Gasteiger partial charge is 0.298 e. The summed E-state index contributed by atoms with van der Waals surface area (Å²) in [4.78, 5) is 19.1. The van der Waals surface area contributed by atoms with Crippen LogP contribution in [0.25, 0.3) is 11.4 Å². The quantitative estimate of drug-likeness (QED) is 0.792. The molecular formula is C12H9BrN2O. The standard InChI is InChI=1S/C12H9BrN2O/c1-8-10(7-16)6-14-12(15-8)9-3-2-4-11(13)5-9/h2-7H,1H3. The lowest BCUT2D eigenvalue weighted by Crippen LogP contribution is -1.96. The molecule has 0 atom stereocenters. The summed E-state index contributed by atoms with van der Waals surface area (Å²) in [5, 5.41) is 0. The number of carbonyl (C=O) groups is 1. The number of carbonyl (C=O) groups excluding carboxylic acids is 1. The maximum absolute atomic E-state index is 10.6. The minimum Gasteiger partial charge on any atom is -0.298 e. The fourth-order valence-corrected chi connectivity index (χ4v) is 1.76. The van der Waals surface area contributed by atoms with Crippen LogP contribution < -0.4 is 0 Å². The van der Waals surface area contributed by atoms with Crippen molar-refractivity contribution in [1.82, 2.24) is 9.97 Å². The van der Waals surface area contributed by atoms with Crippen LogP contribution in [0.2, 0.25) is 0 Å². The molecule has 0 saturated carbocycles. The highest BCUT2D eigenvalue weighted by atomic mass is 79.9. The van der Waals surface area contributed by atoms with Crippen molar-refractivity contribution in [3.05, 3.63) is 46.2 Å². The molecule has 0 unspecified atom stereocenters. The van der Waals surface area contributed by atoms with Crippen LogP contribution in [0, 0.1) is 6.92 Å². The SMILES string of the molecule is Cc1nc(-c2cccc(Br)c2)ncc1C=O. The fraction of sp³-hybridized carbons (Fsp3) is 0.0833. The van der Waals surface area contributed by atoms with E-state index in [1.54, 1.807) is 13.1 Å². The third-order valence-corrected chi connectivity index (χ3v) is 2.72. The minimum absolute atomic E-state index is 0.527. The molecule has 0 amide bonds. The van der Waals surface area contributed by atoms with Gasteiger partial charge < -0.3 is 0 Å². The van der Waals surface area contributed by atoms with Crippen LogP contribution >= 0.6 is 15.9 Å². The molecule has 80 valence electrons. The number of rotatable bonds is 2. The average molecular weight is 277 g/mol. The molecule has 0 aliphatic carbocycles. The molecule has 0 fully saturated rings. The number of aromatic nitrogens is 2. The first-order chi connectivity index (χ1) is 7.70. The van der Waals surface area contributed by atoms with E-state index in [2.05, 4.69) is 25.9 Å². The molecule has 3 nitrogen and oxygen atoms in total. The Morgan fingerprint density at radius 2 is 2.19 bits per heavy atom. The summed E-state index contributed by atoms with van der Waals surface area (Å²) >= 11 is 3.39. The van der Waals surface area contributed by atoms with Crippen LogP contribution in [0.1, 0.15) is 16.1 Å². The fourth-order valence-electron chi connectivity index (χ4n) is 1.36. The first-order valence-electron chi connectivity index (χ1n) is 4.75. The molecule has 1 aromatic heterocycles. The van der Waals surface area contributed by atoms with Crippen LogP contribution in [-0.4, -0.2) is 16.3 Å². The molecule has 0 bridgehead atoms. The third kappa shape index (κ3) is 2.17. The molecule has 2 aromatic rings. The van der Waals surface area contributed by atoms with E-state index in [0.717, 1.165) is 16.3 Å². The molecule has 0 radical (unpaired) electrons. The topological polar surface area (TPSA) is 42.9 Å². The number of aryl methyl sites for hydroxylation is 1. The van der Waals surface area contributed by atoms with Gasteiger partial charge in [-0.05, 0) is 19.1 Å². The summed E-state index contributed by atoms with van der Waals surface area (Å²) in [6, 6.07) is 7.73. The first-order valence-corrected chi connectivity index (χ1v) is 5.55. The molecule has 16 heavy (non-hydrogen) atoms. The van der Waals surface area contributed by atoms with Gasteiger partial charge >= 0.3 is 0 Å². The van der Waals surface area contributed by atoms with E-state index in [9.17, 15) is 4.79 Å². The number of aldehydes is 1. The Morgan fingerprint density at radius 3 is 2.81 bits per heavy atom. The summed E-state index contributed by atoms with van der Waals surface area (Å²) in [7, 11) is 0. The van der Waals surface area contributed by atoms with E-state index in [4.69, 9.17) is 0 Å². The molecule has 0 spiro atoms. The van der Waals surface area contributed by atoms with Crippen LogP contribution in [0.3, 0.4) is 0 Å². The lowest BCUT2D eigenvalue weighted by Gasteiger charge is -2.03. The summed E-state index contributed by atoms with van der Waals surface area (Å²) < 4.78 is 0.978. The molecule has 0 aliphatic rings. The summed E-state index contributed by atoms with van der Waals surface area (Å²) in [6.45, 7) is 1.80. The number of hydrogen-bond donors (Lipinski definition) is 0. The molecule has 0 aliphatic heterocycles. The van der Waals surface area contributed by atoms with Gasteiger partial charge in [0, 0.05) is 16.2 Å². The Bertz CT molecular complexity index is 540. The predicted molar refractivity (Wildman–Crippen MR) is 65.3 cm³/mol. The number of benzene rings is 1. The minimum atomic E-state index is 0.527. The van der Waals surface area contributed by atoms with E-state index >= 15 is 0 Å². The van der Waals surface area contributed by atoms with Crippen molar-refractivity contribution >= 4 is 22.2 Å². The zero-order valence-electron chi connectivity index (χ0n) is 8.64. The van der Waals surface area contributed by atoms with Crippen molar-refractivity contribution in [2.45, 2.75) is 6.92 Å². The maximum Gasteiger partial charge on any atom is 0.159 e. The Kier molecular flexibility index (Phi) is 3.10. The Balaban J connectivity index is 2.49. The van der Waals surface area contributed by atoms with Gasteiger partial charge in [-0.25, -0.2) is 9.97 Å². The van der Waals surface area contributed by atoms with E-state index < -0.39 is 0 Å². The first kappa shape index (κ1) is 11.0. The van der Waals surface area contributed by atoms with E-state index in [1.807, 2.05) is 24.3 Å². The van der Waals surface area contributed by atoms with Gasteiger partial charge in [0.05, 0.1) is 11.3 Å². The van der Waals surface area contributed by atoms with Gasteiger partial charge in [0.2, 0.25) is 0 Å². The zero-order chi connectivity index (χ0) is 11.5. The van der Waals surface area contributed by atoms with Crippen molar-refractivity contribution in [2.75, 3.05) is 0 Å². The van der Waals surface area contributed by atoms with Crippen molar-refractivity contribution in [3.8, 4) is 11.4 Å². The van der Waals surface area contributed by atoms with Gasteiger partial charge in [-0.2, -0.15) is 0 Å². The summed E-state index contributed by atoms with van der Waals surface area (Å²) in [5.74, 6) is 0.629. The second-order valence-electron chi connectivity index (χ2n) is 3.36. The Morgan fingerprint density at radius 1 is 1.38 bits per heavy atom. The predicted octanol–water partition coefficient (Wildman–Crippen LogP) is 3.03. The molecule has 4 heteroatoms. The highest BCUT2D eigenvalue weighted by molar-refractivity contribution is 9.10. The van der Waals surface area contributed by atoms with Crippen molar-refractivity contribution < 1.29 is 4.79 Å². The van der Waals surface area contributed by atoms with E-state index in [0.29, 0.717) is 17.1 Å². The maximum atomic E-state index is 10.6. The van der Waals surface area contributed by atoms with Crippen LogP contribution in [-0.2, 0) is 0 Å². The normalized spacial score (nSPS) is 10.1. The van der Waals surface area contributed by atoms with Crippen molar-refractivity contribution in [2.24, 2.45) is 0 Å². The Labute approximate surface area is 102 Å². The van der Waals surface area contributed by atoms with Gasteiger partial charge in [-0.15, -0.1) is 0 Å². The molecule has 0 N–H and O–H groups in total. The molecule has 2 rings (SSSR count). The van der Waals surface area contributed by atoms with Crippen LogP contribution in [0.5, 0.6) is 0 Å². The summed E-state index contributed by atoms with van der Waals surface area (Å²) in [6.07, 6.45) is 2.31.